The molecule has 19 nitrogen and oxygen atoms in total. The molecule has 0 radical (unpaired) electrons. The van der Waals surface area contributed by atoms with E-state index in [1.807, 2.05) is 0 Å². The Bertz CT molecular complexity index is 2460. The first-order valence-electron chi connectivity index (χ1n) is 43.8. The SMILES string of the molecule is CC/C=C\C/C=C\C/C=C\C/C=C\C/C=C\C/C=C\C/C=C\C/C=C\C/C=C\C/C=C\CCCCC(=O)NC(COC1OC(CO)C(OC2OC(CO)C(OC3OC(CO)C(O)C(O)C3O)C(O)C2O)C(O)C1O)C(O)CCCCCCCCCCCCCCCCCCCCCCCCCCCCCCCCCC. The standard InChI is InChI=1S/C91H157NO18/c1-3-5-7-9-11-13-15-17-19-21-23-25-27-29-31-33-35-37-39-41-43-45-47-49-51-53-55-57-59-61-63-65-67-69-79(97)92-74(75(96)68-66-64-62-60-58-56-54-52-50-48-46-44-42-40-38-36-34-32-30-28-26-24-22-20-18-16-14-12-10-8-6-4-2)73-105-89-85(103)82(100)87(77(71-94)107-89)110-91-86(104)83(101)88(78(72-95)108-91)109-90-84(102)81(99)80(98)76(70-93)106-90/h5,7,11,13,17,19,23,25,29,31,35,37,41,43,47,49,53,55,59,61,74-78,80-91,93-96,98-104H,3-4,6,8-10,12,14-16,18,20-22,24,26-28,30,32-34,36,38-40,42,44-46,48,50-52,54,56-58,60,62-73H2,1-2H3,(H,92,97)/b7-5-,13-11-,19-17-,25-23-,31-29-,37-35-,43-41-,49-47-,55-53-,61-59-. The first-order chi connectivity index (χ1) is 53.8. The Morgan fingerprint density at radius 1 is 0.336 bits per heavy atom. The van der Waals surface area contributed by atoms with Crippen molar-refractivity contribution in [3.63, 3.8) is 0 Å². The van der Waals surface area contributed by atoms with Crippen molar-refractivity contribution in [1.82, 2.24) is 5.32 Å². The number of rotatable bonds is 69. The van der Waals surface area contributed by atoms with Crippen LogP contribution in [0.25, 0.3) is 0 Å². The van der Waals surface area contributed by atoms with Crippen molar-refractivity contribution in [3.8, 4) is 0 Å². The van der Waals surface area contributed by atoms with Gasteiger partial charge in [0.1, 0.15) is 73.2 Å². The number of amides is 1. The Kier molecular flexibility index (Phi) is 63.4. The van der Waals surface area contributed by atoms with Gasteiger partial charge >= 0.3 is 0 Å². The highest BCUT2D eigenvalue weighted by Gasteiger charge is 2.54. The maximum absolute atomic E-state index is 13.5. The number of allylic oxidation sites excluding steroid dienone is 20. The van der Waals surface area contributed by atoms with Crippen molar-refractivity contribution in [2.45, 2.75) is 420 Å². The van der Waals surface area contributed by atoms with Crippen LogP contribution in [0, 0.1) is 0 Å². The Hall–Kier alpha value is -3.81. The second-order valence-corrected chi connectivity index (χ2v) is 30.6. The molecule has 3 fully saturated rings. The lowest BCUT2D eigenvalue weighted by atomic mass is 9.96. The van der Waals surface area contributed by atoms with E-state index >= 15 is 0 Å². The fourth-order valence-electron chi connectivity index (χ4n) is 14.1. The molecule has 0 saturated carbocycles. The van der Waals surface area contributed by atoms with Gasteiger partial charge in [0.05, 0.1) is 38.6 Å². The van der Waals surface area contributed by atoms with E-state index in [-0.39, 0.29) is 18.9 Å². The first kappa shape index (κ1) is 100. The summed E-state index contributed by atoms with van der Waals surface area (Å²) < 4.78 is 34.5. The van der Waals surface area contributed by atoms with E-state index in [0.717, 1.165) is 96.3 Å². The molecule has 17 unspecified atom stereocenters. The molecule has 1 amide bonds. The van der Waals surface area contributed by atoms with E-state index in [0.29, 0.717) is 19.3 Å². The van der Waals surface area contributed by atoms with Crippen molar-refractivity contribution in [2.75, 3.05) is 26.4 Å². The summed E-state index contributed by atoms with van der Waals surface area (Å²) in [6, 6.07) is -0.923. The van der Waals surface area contributed by atoms with Gasteiger partial charge in [-0.25, -0.2) is 0 Å². The van der Waals surface area contributed by atoms with E-state index in [1.54, 1.807) is 0 Å². The van der Waals surface area contributed by atoms with E-state index in [2.05, 4.69) is 141 Å². The lowest BCUT2D eigenvalue weighted by Crippen LogP contribution is -2.66. The molecule has 0 bridgehead atoms. The summed E-state index contributed by atoms with van der Waals surface area (Å²) in [7, 11) is 0. The van der Waals surface area contributed by atoms with Crippen molar-refractivity contribution >= 4 is 5.91 Å². The third-order valence-electron chi connectivity index (χ3n) is 21.1. The van der Waals surface area contributed by atoms with Crippen LogP contribution in [0.1, 0.15) is 316 Å². The van der Waals surface area contributed by atoms with Gasteiger partial charge in [0.15, 0.2) is 18.9 Å². The number of ether oxygens (including phenoxy) is 6. The van der Waals surface area contributed by atoms with Crippen LogP contribution in [0.2, 0.25) is 0 Å². The quantitative estimate of drug-likeness (QED) is 0.0199. The van der Waals surface area contributed by atoms with Crippen molar-refractivity contribution in [3.05, 3.63) is 122 Å². The van der Waals surface area contributed by atoms with Crippen LogP contribution in [-0.2, 0) is 33.2 Å². The van der Waals surface area contributed by atoms with Gasteiger partial charge in [0, 0.05) is 6.42 Å². The van der Waals surface area contributed by atoms with E-state index in [1.165, 1.54) is 180 Å². The lowest BCUT2D eigenvalue weighted by molar-refractivity contribution is -0.379. The zero-order chi connectivity index (χ0) is 79.5. The van der Waals surface area contributed by atoms with Crippen LogP contribution < -0.4 is 5.32 Å². The minimum Gasteiger partial charge on any atom is -0.394 e. The van der Waals surface area contributed by atoms with Gasteiger partial charge in [0.2, 0.25) is 5.91 Å². The van der Waals surface area contributed by atoms with Crippen molar-refractivity contribution in [2.24, 2.45) is 0 Å². The number of aliphatic hydroxyl groups excluding tert-OH is 11. The van der Waals surface area contributed by atoms with Crippen LogP contribution in [0.3, 0.4) is 0 Å². The number of unbranched alkanes of at least 4 members (excludes halogenated alkanes) is 33. The van der Waals surface area contributed by atoms with Crippen LogP contribution in [0.4, 0.5) is 0 Å². The zero-order valence-electron chi connectivity index (χ0n) is 68.2. The third-order valence-corrected chi connectivity index (χ3v) is 21.1. The molecule has 0 aromatic heterocycles. The van der Waals surface area contributed by atoms with Gasteiger partial charge in [-0.1, -0.05) is 341 Å². The fraction of sp³-hybridized carbons (Fsp3) is 0.769. The number of nitrogens with one attached hydrogen (secondary N) is 1. The van der Waals surface area contributed by atoms with Gasteiger partial charge in [0.25, 0.3) is 0 Å². The topological polar surface area (TPSA) is 307 Å². The van der Waals surface area contributed by atoms with E-state index in [4.69, 9.17) is 28.4 Å². The van der Waals surface area contributed by atoms with Gasteiger partial charge < -0.3 is 89.9 Å². The molecule has 0 aromatic carbocycles. The second kappa shape index (κ2) is 69.5. The monoisotopic (exact) mass is 1550 g/mol. The molecular weight excluding hydrogens is 1390 g/mol. The maximum atomic E-state index is 13.5. The van der Waals surface area contributed by atoms with Crippen LogP contribution in [0.5, 0.6) is 0 Å². The Morgan fingerprint density at radius 2 is 0.627 bits per heavy atom. The molecule has 3 aliphatic rings. The molecular formula is C91H157NO18. The van der Waals surface area contributed by atoms with Crippen molar-refractivity contribution in [1.29, 1.82) is 0 Å². The minimum atomic E-state index is -1.98. The smallest absolute Gasteiger partial charge is 0.220 e. The van der Waals surface area contributed by atoms with Gasteiger partial charge in [-0.05, 0) is 89.9 Å². The third kappa shape index (κ3) is 47.9. The summed E-state index contributed by atoms with van der Waals surface area (Å²) in [5.41, 5.74) is 0. The lowest BCUT2D eigenvalue weighted by Gasteiger charge is -2.48. The maximum Gasteiger partial charge on any atom is 0.220 e. The summed E-state index contributed by atoms with van der Waals surface area (Å²) >= 11 is 0. The fourth-order valence-corrected chi connectivity index (χ4v) is 14.1. The van der Waals surface area contributed by atoms with E-state index in [9.17, 15) is 61.0 Å². The largest absolute Gasteiger partial charge is 0.394 e. The summed E-state index contributed by atoms with van der Waals surface area (Å²) in [5.74, 6) is -0.286. The summed E-state index contributed by atoms with van der Waals surface area (Å²) in [5, 5.41) is 121. The number of aliphatic hydroxyl groups is 11. The number of carbonyl (C=O) groups excluding carboxylic acids is 1. The highest BCUT2D eigenvalue weighted by Crippen LogP contribution is 2.33. The molecule has 12 N–H and O–H groups in total. The molecule has 3 aliphatic heterocycles. The summed E-state index contributed by atoms with van der Waals surface area (Å²) in [6.45, 7) is 1.68. The molecule has 0 spiro atoms. The number of carbonyl (C=O) groups is 1. The average molecular weight is 1550 g/mol. The van der Waals surface area contributed by atoms with E-state index < -0.39 is 124 Å². The zero-order valence-corrected chi connectivity index (χ0v) is 68.2. The second-order valence-electron chi connectivity index (χ2n) is 30.6. The van der Waals surface area contributed by atoms with Crippen LogP contribution >= 0.6 is 0 Å². The number of hydrogen-bond donors (Lipinski definition) is 12. The van der Waals surface area contributed by atoms with Gasteiger partial charge in [-0.15, -0.1) is 0 Å². The van der Waals surface area contributed by atoms with Crippen molar-refractivity contribution < 1.29 is 89.4 Å². The summed E-state index contributed by atoms with van der Waals surface area (Å²) in [6.07, 6.45) is 71.5. The molecule has 3 rings (SSSR count). The molecule has 110 heavy (non-hydrogen) atoms. The highest BCUT2D eigenvalue weighted by molar-refractivity contribution is 5.76. The number of hydrogen-bond acceptors (Lipinski definition) is 18. The normalized spacial score (nSPS) is 25.8. The Morgan fingerprint density at radius 3 is 0.964 bits per heavy atom. The molecule has 0 aliphatic carbocycles. The molecule has 17 atom stereocenters. The minimum absolute atomic E-state index is 0.203. The predicted molar refractivity (Wildman–Crippen MR) is 443 cm³/mol. The molecule has 3 saturated heterocycles. The Labute approximate surface area is 665 Å². The molecule has 19 heteroatoms. The Balaban J connectivity index is 1.37. The average Bonchev–Trinajstić information content (AvgIpc) is 0.780. The molecule has 0 aromatic rings. The van der Waals surface area contributed by atoms with Gasteiger partial charge in [-0.3, -0.25) is 4.79 Å². The summed E-state index contributed by atoms with van der Waals surface area (Å²) in [4.78, 5) is 13.5. The highest BCUT2D eigenvalue weighted by atomic mass is 16.8. The first-order valence-corrected chi connectivity index (χ1v) is 43.8. The van der Waals surface area contributed by atoms with Crippen LogP contribution in [0.15, 0.2) is 122 Å². The van der Waals surface area contributed by atoms with Crippen LogP contribution in [-0.4, -0.2) is 193 Å². The van der Waals surface area contributed by atoms with Gasteiger partial charge in [-0.2, -0.15) is 0 Å². The predicted octanol–water partition coefficient (Wildman–Crippen LogP) is 16.2. The molecule has 634 valence electrons. The molecule has 3 heterocycles.